The maximum Gasteiger partial charge on any atom is 0.234 e. The predicted octanol–water partition coefficient (Wildman–Crippen LogP) is 4.59. The fraction of sp³-hybridized carbons (Fsp3) is 0.586. The zero-order chi connectivity index (χ0) is 26.7. The van der Waals surface area contributed by atoms with Gasteiger partial charge in [-0.2, -0.15) is 0 Å². The number of aliphatic hydroxyl groups excluding tert-OH is 2. The van der Waals surface area contributed by atoms with E-state index in [1.807, 2.05) is 19.1 Å². The zero-order valence-corrected chi connectivity index (χ0v) is 23.2. The molecule has 0 unspecified atom stereocenters. The van der Waals surface area contributed by atoms with Crippen LogP contribution in [-0.4, -0.2) is 64.5 Å². The van der Waals surface area contributed by atoms with Gasteiger partial charge in [0.05, 0.1) is 31.2 Å². The molecule has 1 aliphatic heterocycles. The lowest BCUT2D eigenvalue weighted by Gasteiger charge is -2.36. The molecule has 1 saturated heterocycles. The van der Waals surface area contributed by atoms with Gasteiger partial charge in [-0.1, -0.05) is 46.8 Å². The Morgan fingerprint density at radius 3 is 2.62 bits per heavy atom. The number of benzene rings is 1. The highest BCUT2D eigenvalue weighted by molar-refractivity contribution is 9.10. The highest BCUT2D eigenvalue weighted by Gasteiger charge is 2.56. The number of ether oxygens (including phenoxy) is 1. The summed E-state index contributed by atoms with van der Waals surface area (Å²) in [6.07, 6.45) is 7.17. The van der Waals surface area contributed by atoms with E-state index in [4.69, 9.17) is 4.74 Å². The summed E-state index contributed by atoms with van der Waals surface area (Å²) >= 11 is 3.42. The number of fused-ring (bicyclic) bond motifs is 1. The number of carbonyl (C=O) groups is 2. The number of phenols is 1. The smallest absolute Gasteiger partial charge is 0.234 e. The van der Waals surface area contributed by atoms with E-state index in [0.29, 0.717) is 30.4 Å². The lowest BCUT2D eigenvalue weighted by atomic mass is 9.68. The maximum absolute atomic E-state index is 13.6. The lowest BCUT2D eigenvalue weighted by Crippen LogP contribution is -2.42. The van der Waals surface area contributed by atoms with Crippen molar-refractivity contribution in [1.29, 1.82) is 0 Å². The molecule has 2 aliphatic carbocycles. The van der Waals surface area contributed by atoms with Gasteiger partial charge >= 0.3 is 0 Å². The number of hydrogen-bond acceptors (Lipinski definition) is 6. The SMILES string of the molecule is COCC1=C([C@H](O)CC/C(C)=C/c2cc(Br)ccc2O)[C@H](CO)[C@@H]2C(=O)N(C3CCCCC3)C(=O)[C@@H]2C1. The van der Waals surface area contributed by atoms with Crippen molar-refractivity contribution < 1.29 is 29.6 Å². The molecule has 37 heavy (non-hydrogen) atoms. The number of aliphatic hydroxyl groups is 2. The minimum absolute atomic E-state index is 0.0554. The second-order valence-electron chi connectivity index (χ2n) is 10.7. The number of likely N-dealkylation sites (tertiary alicyclic amines) is 1. The molecule has 0 spiro atoms. The molecule has 2 fully saturated rings. The molecule has 1 heterocycles. The topological polar surface area (TPSA) is 107 Å². The number of methoxy groups -OCH3 is 1. The molecule has 8 heteroatoms. The number of halogens is 1. The summed E-state index contributed by atoms with van der Waals surface area (Å²) in [5.41, 5.74) is 3.13. The summed E-state index contributed by atoms with van der Waals surface area (Å²) in [5.74, 6) is -1.90. The van der Waals surface area contributed by atoms with E-state index >= 15 is 0 Å². The monoisotopic (exact) mass is 575 g/mol. The Morgan fingerprint density at radius 1 is 1.22 bits per heavy atom. The summed E-state index contributed by atoms with van der Waals surface area (Å²) in [5, 5.41) is 32.0. The van der Waals surface area contributed by atoms with Crippen molar-refractivity contribution >= 4 is 33.8 Å². The number of phenolic OH excluding ortho intramolecular Hbond substituents is 1. The minimum atomic E-state index is -0.880. The van der Waals surface area contributed by atoms with Crippen LogP contribution in [0.15, 0.2) is 39.4 Å². The second-order valence-corrected chi connectivity index (χ2v) is 11.6. The van der Waals surface area contributed by atoms with Gasteiger partial charge in [-0.05, 0) is 68.4 Å². The molecule has 202 valence electrons. The average Bonchev–Trinajstić information content (AvgIpc) is 3.14. The van der Waals surface area contributed by atoms with Crippen LogP contribution in [0.1, 0.15) is 63.9 Å². The highest BCUT2D eigenvalue weighted by Crippen LogP contribution is 2.47. The highest BCUT2D eigenvalue weighted by atomic mass is 79.9. The van der Waals surface area contributed by atoms with Gasteiger partial charge in [-0.15, -0.1) is 0 Å². The first-order valence-corrected chi connectivity index (χ1v) is 14.1. The largest absolute Gasteiger partial charge is 0.507 e. The molecule has 0 bridgehead atoms. The third kappa shape index (κ3) is 5.87. The van der Waals surface area contributed by atoms with Crippen LogP contribution in [0.5, 0.6) is 5.75 Å². The van der Waals surface area contributed by atoms with Crippen molar-refractivity contribution in [2.45, 2.75) is 70.4 Å². The molecule has 7 nitrogen and oxygen atoms in total. The van der Waals surface area contributed by atoms with Crippen molar-refractivity contribution in [2.75, 3.05) is 20.3 Å². The van der Waals surface area contributed by atoms with Crippen LogP contribution >= 0.6 is 15.9 Å². The van der Waals surface area contributed by atoms with E-state index in [1.165, 1.54) is 4.90 Å². The van der Waals surface area contributed by atoms with Gasteiger partial charge in [0, 0.05) is 29.1 Å². The number of carbonyl (C=O) groups excluding carboxylic acids is 2. The van der Waals surface area contributed by atoms with Crippen LogP contribution in [-0.2, 0) is 14.3 Å². The van der Waals surface area contributed by atoms with Crippen LogP contribution in [0.25, 0.3) is 6.08 Å². The Kier molecular flexibility index (Phi) is 9.27. The van der Waals surface area contributed by atoms with E-state index in [2.05, 4.69) is 15.9 Å². The van der Waals surface area contributed by atoms with Crippen LogP contribution in [0.4, 0.5) is 0 Å². The number of aromatic hydroxyl groups is 1. The molecule has 2 amide bonds. The Hall–Kier alpha value is -2.00. The fourth-order valence-corrected chi connectivity index (χ4v) is 6.87. The van der Waals surface area contributed by atoms with E-state index in [1.54, 1.807) is 19.2 Å². The number of imide groups is 1. The predicted molar refractivity (Wildman–Crippen MR) is 144 cm³/mol. The van der Waals surface area contributed by atoms with Gasteiger partial charge < -0.3 is 20.1 Å². The first-order chi connectivity index (χ1) is 17.8. The first kappa shape index (κ1) is 28.0. The Bertz CT molecular complexity index is 1080. The van der Waals surface area contributed by atoms with Gasteiger partial charge in [-0.3, -0.25) is 14.5 Å². The molecule has 1 aromatic rings. The minimum Gasteiger partial charge on any atom is -0.507 e. The summed E-state index contributed by atoms with van der Waals surface area (Å²) in [4.78, 5) is 28.5. The molecular weight excluding hydrogens is 538 g/mol. The zero-order valence-electron chi connectivity index (χ0n) is 21.7. The Balaban J connectivity index is 1.55. The van der Waals surface area contributed by atoms with Gasteiger partial charge in [0.2, 0.25) is 11.8 Å². The number of nitrogens with zero attached hydrogens (tertiary/aromatic N) is 1. The average molecular weight is 577 g/mol. The third-order valence-corrected chi connectivity index (χ3v) is 8.73. The van der Waals surface area contributed by atoms with E-state index in [-0.39, 0.29) is 36.8 Å². The molecular formula is C29H38BrNO6. The second kappa shape index (κ2) is 12.2. The van der Waals surface area contributed by atoms with Crippen LogP contribution in [0, 0.1) is 17.8 Å². The number of hydrogen-bond donors (Lipinski definition) is 3. The molecule has 3 aliphatic rings. The van der Waals surface area contributed by atoms with Gasteiger partial charge in [-0.25, -0.2) is 0 Å². The Labute approximate surface area is 227 Å². The van der Waals surface area contributed by atoms with E-state index in [0.717, 1.165) is 47.7 Å². The molecule has 4 rings (SSSR count). The molecule has 0 aromatic heterocycles. The van der Waals surface area contributed by atoms with Crippen molar-refractivity contribution in [1.82, 2.24) is 4.90 Å². The Morgan fingerprint density at radius 2 is 1.95 bits per heavy atom. The number of amides is 2. The van der Waals surface area contributed by atoms with Gasteiger partial charge in [0.1, 0.15) is 5.75 Å². The van der Waals surface area contributed by atoms with Crippen LogP contribution in [0.2, 0.25) is 0 Å². The van der Waals surface area contributed by atoms with Crippen molar-refractivity contribution in [3.8, 4) is 5.75 Å². The van der Waals surface area contributed by atoms with Crippen molar-refractivity contribution in [3.05, 3.63) is 45.0 Å². The van der Waals surface area contributed by atoms with Crippen molar-refractivity contribution in [3.63, 3.8) is 0 Å². The summed E-state index contributed by atoms with van der Waals surface area (Å²) < 4.78 is 6.29. The summed E-state index contributed by atoms with van der Waals surface area (Å²) in [7, 11) is 1.57. The van der Waals surface area contributed by atoms with E-state index in [9.17, 15) is 24.9 Å². The maximum atomic E-state index is 13.6. The summed E-state index contributed by atoms with van der Waals surface area (Å²) in [6.45, 7) is 1.88. The molecule has 1 aromatic carbocycles. The number of rotatable bonds is 9. The lowest BCUT2D eigenvalue weighted by molar-refractivity contribution is -0.143. The van der Waals surface area contributed by atoms with Gasteiger partial charge in [0.15, 0.2) is 0 Å². The standard InChI is InChI=1S/C29H38BrNO6/c1-17(12-18-13-20(30)9-11-24(18)33)8-10-25(34)26-19(16-37-2)14-22-27(23(26)15-32)29(36)31(28(22)35)21-6-4-3-5-7-21/h9,11-13,21-23,25,27,32-34H,3-8,10,14-16H2,1-2H3/b17-12+/t22-,23+,25-,27-/m1/s1. The molecule has 4 atom stereocenters. The van der Waals surface area contributed by atoms with Crippen molar-refractivity contribution in [2.24, 2.45) is 17.8 Å². The van der Waals surface area contributed by atoms with Gasteiger partial charge in [0.25, 0.3) is 0 Å². The third-order valence-electron chi connectivity index (χ3n) is 8.24. The van der Waals surface area contributed by atoms with Crippen LogP contribution < -0.4 is 0 Å². The molecule has 0 radical (unpaired) electrons. The summed E-state index contributed by atoms with van der Waals surface area (Å²) in [6, 6.07) is 5.17. The quantitative estimate of drug-likeness (QED) is 0.293. The van der Waals surface area contributed by atoms with Crippen LogP contribution in [0.3, 0.4) is 0 Å². The first-order valence-electron chi connectivity index (χ1n) is 13.3. The van der Waals surface area contributed by atoms with E-state index < -0.39 is 23.9 Å². The number of allylic oxidation sites excluding steroid dienone is 1. The normalized spacial score (nSPS) is 26.1. The molecule has 1 saturated carbocycles. The fourth-order valence-electron chi connectivity index (χ4n) is 6.49. The molecule has 3 N–H and O–H groups in total.